The summed E-state index contributed by atoms with van der Waals surface area (Å²) in [6.07, 6.45) is 0. The van der Waals surface area contributed by atoms with Gasteiger partial charge in [0.15, 0.2) is 11.0 Å². The minimum atomic E-state index is -0.136. The molecule has 1 aromatic heterocycles. The Morgan fingerprint density at radius 3 is 2.61 bits per heavy atom. The molecule has 1 heterocycles. The molecule has 0 aliphatic heterocycles. The number of carbonyl (C=O) groups excluding carboxylic acids is 1. The molecule has 3 aromatic rings. The molecule has 28 heavy (non-hydrogen) atoms. The minimum Gasteiger partial charge on any atom is -0.485 e. The van der Waals surface area contributed by atoms with E-state index in [1.165, 1.54) is 11.8 Å². The summed E-state index contributed by atoms with van der Waals surface area (Å²) in [5, 5.41) is 12.4. The van der Waals surface area contributed by atoms with Gasteiger partial charge in [0.1, 0.15) is 12.4 Å². The molecular formula is C20H21ClN4O2S. The molecule has 0 fully saturated rings. The summed E-state index contributed by atoms with van der Waals surface area (Å²) in [4.78, 5) is 12.1. The lowest BCUT2D eigenvalue weighted by atomic mass is 10.1. The molecule has 0 bridgehead atoms. The van der Waals surface area contributed by atoms with Gasteiger partial charge in [0.05, 0.1) is 5.75 Å². The number of amides is 1. The van der Waals surface area contributed by atoms with Gasteiger partial charge < -0.3 is 14.6 Å². The molecule has 1 N–H and O–H groups in total. The molecular weight excluding hydrogens is 396 g/mol. The summed E-state index contributed by atoms with van der Waals surface area (Å²) in [6.45, 7) is 4.34. The van der Waals surface area contributed by atoms with Crippen molar-refractivity contribution in [2.45, 2.75) is 25.6 Å². The summed E-state index contributed by atoms with van der Waals surface area (Å²) in [6, 6.07) is 13.1. The standard InChI is InChI=1S/C20H21ClN4O2S/c1-13-6-4-7-14(2)19(13)27-11-17-23-24-20(25(17)3)28-12-18(26)22-16-9-5-8-15(21)10-16/h4-10H,11-12H2,1-3H3,(H,22,26). The lowest BCUT2D eigenvalue weighted by molar-refractivity contribution is -0.113. The van der Waals surface area contributed by atoms with Crippen molar-refractivity contribution in [3.05, 3.63) is 64.4 Å². The zero-order valence-corrected chi connectivity index (χ0v) is 17.5. The van der Waals surface area contributed by atoms with Crippen molar-refractivity contribution in [1.29, 1.82) is 0 Å². The highest BCUT2D eigenvalue weighted by Gasteiger charge is 2.13. The maximum Gasteiger partial charge on any atom is 0.234 e. The molecule has 6 nitrogen and oxygen atoms in total. The Labute approximate surface area is 173 Å². The van der Waals surface area contributed by atoms with Crippen molar-refractivity contribution in [1.82, 2.24) is 14.8 Å². The number of nitrogens with one attached hydrogen (secondary N) is 1. The van der Waals surface area contributed by atoms with Crippen LogP contribution >= 0.6 is 23.4 Å². The van der Waals surface area contributed by atoms with Gasteiger partial charge in [0.2, 0.25) is 5.91 Å². The summed E-state index contributed by atoms with van der Waals surface area (Å²) >= 11 is 7.24. The number of nitrogens with zero attached hydrogens (tertiary/aromatic N) is 3. The minimum absolute atomic E-state index is 0.136. The molecule has 0 aliphatic rings. The lowest BCUT2D eigenvalue weighted by Crippen LogP contribution is -2.14. The van der Waals surface area contributed by atoms with Crippen LogP contribution in [-0.4, -0.2) is 26.4 Å². The van der Waals surface area contributed by atoms with Crippen LogP contribution in [0.3, 0.4) is 0 Å². The maximum atomic E-state index is 12.1. The van der Waals surface area contributed by atoms with Crippen LogP contribution in [0.5, 0.6) is 5.75 Å². The van der Waals surface area contributed by atoms with Crippen LogP contribution in [0.25, 0.3) is 0 Å². The molecule has 2 aromatic carbocycles. The first-order chi connectivity index (χ1) is 13.4. The normalized spacial score (nSPS) is 10.7. The largest absolute Gasteiger partial charge is 0.485 e. The number of aryl methyl sites for hydroxylation is 2. The molecule has 0 atom stereocenters. The predicted molar refractivity (Wildman–Crippen MR) is 112 cm³/mol. The van der Waals surface area contributed by atoms with Crippen LogP contribution in [0, 0.1) is 13.8 Å². The fourth-order valence-electron chi connectivity index (χ4n) is 2.65. The number of benzene rings is 2. The maximum absolute atomic E-state index is 12.1. The van der Waals surface area contributed by atoms with Gasteiger partial charge in [-0.05, 0) is 43.2 Å². The number of rotatable bonds is 7. The number of ether oxygens (including phenoxy) is 1. The zero-order chi connectivity index (χ0) is 20.1. The van der Waals surface area contributed by atoms with Gasteiger partial charge in [-0.3, -0.25) is 4.79 Å². The Hall–Kier alpha value is -2.51. The van der Waals surface area contributed by atoms with Gasteiger partial charge in [-0.15, -0.1) is 10.2 Å². The van der Waals surface area contributed by atoms with Crippen LogP contribution in [0.2, 0.25) is 5.02 Å². The number of halogens is 1. The number of hydrogen-bond acceptors (Lipinski definition) is 5. The SMILES string of the molecule is Cc1cccc(C)c1OCc1nnc(SCC(=O)Nc2cccc(Cl)c2)n1C. The van der Waals surface area contributed by atoms with Gasteiger partial charge in [-0.2, -0.15) is 0 Å². The van der Waals surface area contributed by atoms with E-state index >= 15 is 0 Å². The first-order valence-corrected chi connectivity index (χ1v) is 10.1. The molecule has 0 unspecified atom stereocenters. The van der Waals surface area contributed by atoms with Gasteiger partial charge in [0.25, 0.3) is 0 Å². The fourth-order valence-corrected chi connectivity index (χ4v) is 3.57. The zero-order valence-electron chi connectivity index (χ0n) is 15.9. The van der Waals surface area contributed by atoms with Crippen LogP contribution in [0.1, 0.15) is 17.0 Å². The molecule has 1 amide bonds. The first-order valence-electron chi connectivity index (χ1n) is 8.69. The molecule has 0 saturated carbocycles. The third-order valence-corrected chi connectivity index (χ3v) is 5.38. The molecule has 8 heteroatoms. The van der Waals surface area contributed by atoms with Crippen molar-refractivity contribution in [2.24, 2.45) is 7.05 Å². The molecule has 3 rings (SSSR count). The quantitative estimate of drug-likeness (QED) is 0.578. The second-order valence-electron chi connectivity index (χ2n) is 6.31. The van der Waals surface area contributed by atoms with Gasteiger partial charge >= 0.3 is 0 Å². The van der Waals surface area contributed by atoms with Crippen LogP contribution in [0.15, 0.2) is 47.6 Å². The highest BCUT2D eigenvalue weighted by Crippen LogP contribution is 2.24. The average molecular weight is 417 g/mol. The van der Waals surface area contributed by atoms with Gasteiger partial charge in [-0.25, -0.2) is 0 Å². The van der Waals surface area contributed by atoms with Gasteiger partial charge in [0, 0.05) is 17.8 Å². The number of para-hydroxylation sites is 1. The van der Waals surface area contributed by atoms with E-state index in [9.17, 15) is 4.79 Å². The predicted octanol–water partition coefficient (Wildman–Crippen LogP) is 4.40. The molecule has 0 radical (unpaired) electrons. The summed E-state index contributed by atoms with van der Waals surface area (Å²) < 4.78 is 7.78. The van der Waals surface area contributed by atoms with E-state index in [2.05, 4.69) is 15.5 Å². The van der Waals surface area contributed by atoms with E-state index < -0.39 is 0 Å². The third-order valence-electron chi connectivity index (χ3n) is 4.12. The Bertz CT molecular complexity index is 970. The fraction of sp³-hybridized carbons (Fsp3) is 0.250. The Morgan fingerprint density at radius 1 is 1.18 bits per heavy atom. The van der Waals surface area contributed by atoms with E-state index in [4.69, 9.17) is 16.3 Å². The first kappa shape index (κ1) is 20.2. The van der Waals surface area contributed by atoms with E-state index in [-0.39, 0.29) is 11.7 Å². The summed E-state index contributed by atoms with van der Waals surface area (Å²) in [5.41, 5.74) is 2.82. The summed E-state index contributed by atoms with van der Waals surface area (Å²) in [5.74, 6) is 1.64. The second-order valence-corrected chi connectivity index (χ2v) is 7.69. The lowest BCUT2D eigenvalue weighted by Gasteiger charge is -2.11. The summed E-state index contributed by atoms with van der Waals surface area (Å²) in [7, 11) is 1.86. The van der Waals surface area contributed by atoms with E-state index in [0.29, 0.717) is 28.3 Å². The van der Waals surface area contributed by atoms with Crippen molar-refractivity contribution in [3.63, 3.8) is 0 Å². The number of carbonyl (C=O) groups is 1. The van der Waals surface area contributed by atoms with Crippen molar-refractivity contribution in [2.75, 3.05) is 11.1 Å². The van der Waals surface area contributed by atoms with Crippen molar-refractivity contribution in [3.8, 4) is 5.75 Å². The highest BCUT2D eigenvalue weighted by atomic mass is 35.5. The van der Waals surface area contributed by atoms with E-state index in [1.54, 1.807) is 24.3 Å². The second kappa shape index (κ2) is 9.12. The molecule has 0 saturated heterocycles. The monoisotopic (exact) mass is 416 g/mol. The smallest absolute Gasteiger partial charge is 0.234 e. The Balaban J connectivity index is 1.56. The number of hydrogen-bond donors (Lipinski definition) is 1. The number of thioether (sulfide) groups is 1. The number of aromatic nitrogens is 3. The van der Waals surface area contributed by atoms with Crippen LogP contribution in [-0.2, 0) is 18.4 Å². The van der Waals surface area contributed by atoms with E-state index in [1.807, 2.05) is 43.7 Å². The van der Waals surface area contributed by atoms with E-state index in [0.717, 1.165) is 16.9 Å². The molecule has 0 spiro atoms. The van der Waals surface area contributed by atoms with Crippen LogP contribution < -0.4 is 10.1 Å². The highest BCUT2D eigenvalue weighted by molar-refractivity contribution is 7.99. The third kappa shape index (κ3) is 5.05. The van der Waals surface area contributed by atoms with Crippen LogP contribution in [0.4, 0.5) is 5.69 Å². The number of anilines is 1. The van der Waals surface area contributed by atoms with Crippen molar-refractivity contribution >= 4 is 35.0 Å². The van der Waals surface area contributed by atoms with Gasteiger partial charge in [-0.1, -0.05) is 47.6 Å². The Kier molecular flexibility index (Phi) is 6.59. The Morgan fingerprint density at radius 2 is 1.89 bits per heavy atom. The molecule has 0 aliphatic carbocycles. The molecule has 146 valence electrons. The van der Waals surface area contributed by atoms with Crippen molar-refractivity contribution < 1.29 is 9.53 Å². The average Bonchev–Trinajstić information content (AvgIpc) is 2.99. The topological polar surface area (TPSA) is 69.0 Å².